The highest BCUT2D eigenvalue weighted by Gasteiger charge is 2.12. The van der Waals surface area contributed by atoms with Crippen LogP contribution in [0.1, 0.15) is 0 Å². The number of para-hydroxylation sites is 2. The van der Waals surface area contributed by atoms with Crippen molar-refractivity contribution in [1.82, 2.24) is 20.2 Å². The molecular formula is C9H9N5O2S. The van der Waals surface area contributed by atoms with Gasteiger partial charge in [0.1, 0.15) is 11.4 Å². The smallest absolute Gasteiger partial charge is 0.227 e. The Morgan fingerprint density at radius 1 is 1.47 bits per heavy atom. The zero-order chi connectivity index (χ0) is 12.3. The fourth-order valence-electron chi connectivity index (χ4n) is 1.20. The second-order valence-corrected chi connectivity index (χ2v) is 4.06. The second kappa shape index (κ2) is 4.83. The number of benzene rings is 1. The lowest BCUT2D eigenvalue weighted by Gasteiger charge is -2.04. The van der Waals surface area contributed by atoms with Gasteiger partial charge in [0, 0.05) is 0 Å². The Morgan fingerprint density at radius 2 is 2.24 bits per heavy atom. The number of hydrogen-bond acceptors (Lipinski definition) is 6. The molecule has 0 spiro atoms. The summed E-state index contributed by atoms with van der Waals surface area (Å²) in [6.45, 7) is 0. The molecule has 8 heteroatoms. The molecule has 1 amide bonds. The van der Waals surface area contributed by atoms with Gasteiger partial charge < -0.3 is 10.8 Å². The standard InChI is InChI=1S/C9H9N5O2S/c10-8(16)5-17-9-11-12-13-14(9)6-3-1-2-4-7(6)15/h1-4,15H,5H2,(H2,10,16). The molecule has 1 heterocycles. The van der Waals surface area contributed by atoms with E-state index in [0.29, 0.717) is 10.8 Å². The molecule has 3 N–H and O–H groups in total. The van der Waals surface area contributed by atoms with Crippen molar-refractivity contribution < 1.29 is 9.90 Å². The van der Waals surface area contributed by atoms with Gasteiger partial charge in [-0.05, 0) is 22.6 Å². The summed E-state index contributed by atoms with van der Waals surface area (Å²) in [5.74, 6) is -0.323. The number of carbonyl (C=O) groups is 1. The zero-order valence-electron chi connectivity index (χ0n) is 8.65. The number of thioether (sulfide) groups is 1. The van der Waals surface area contributed by atoms with Gasteiger partial charge in [-0.1, -0.05) is 23.9 Å². The summed E-state index contributed by atoms with van der Waals surface area (Å²) in [5.41, 5.74) is 5.49. The summed E-state index contributed by atoms with van der Waals surface area (Å²) in [6, 6.07) is 6.64. The molecule has 0 fully saturated rings. The van der Waals surface area contributed by atoms with E-state index in [4.69, 9.17) is 5.73 Å². The third kappa shape index (κ3) is 2.53. The number of phenolic OH excluding ortho intramolecular Hbond substituents is 1. The molecular weight excluding hydrogens is 242 g/mol. The quantitative estimate of drug-likeness (QED) is 0.737. The summed E-state index contributed by atoms with van der Waals surface area (Å²) < 4.78 is 1.35. The molecule has 1 aromatic heterocycles. The van der Waals surface area contributed by atoms with Crippen LogP contribution in [0.4, 0.5) is 0 Å². The van der Waals surface area contributed by atoms with Gasteiger partial charge in [0.15, 0.2) is 0 Å². The molecule has 1 aromatic carbocycles. The second-order valence-electron chi connectivity index (χ2n) is 3.12. The third-order valence-corrected chi connectivity index (χ3v) is 2.84. The molecule has 0 atom stereocenters. The van der Waals surface area contributed by atoms with Crippen LogP contribution in [-0.2, 0) is 4.79 Å². The SMILES string of the molecule is NC(=O)CSc1nnnn1-c1ccccc1O. The maximum Gasteiger partial charge on any atom is 0.227 e. The summed E-state index contributed by atoms with van der Waals surface area (Å²) in [7, 11) is 0. The van der Waals surface area contributed by atoms with Crippen molar-refractivity contribution in [3.05, 3.63) is 24.3 Å². The van der Waals surface area contributed by atoms with E-state index in [-0.39, 0.29) is 11.5 Å². The molecule has 88 valence electrons. The maximum absolute atomic E-state index is 10.7. The van der Waals surface area contributed by atoms with Crippen LogP contribution in [-0.4, -0.2) is 37.0 Å². The van der Waals surface area contributed by atoms with Crippen LogP contribution >= 0.6 is 11.8 Å². The van der Waals surface area contributed by atoms with Crippen molar-refractivity contribution in [2.45, 2.75) is 5.16 Å². The van der Waals surface area contributed by atoms with E-state index in [1.54, 1.807) is 18.2 Å². The van der Waals surface area contributed by atoms with E-state index in [1.807, 2.05) is 0 Å². The lowest BCUT2D eigenvalue weighted by molar-refractivity contribution is -0.115. The number of hydrogen-bond donors (Lipinski definition) is 2. The van der Waals surface area contributed by atoms with E-state index in [9.17, 15) is 9.90 Å². The Balaban J connectivity index is 2.31. The van der Waals surface area contributed by atoms with Crippen LogP contribution in [0.25, 0.3) is 5.69 Å². The van der Waals surface area contributed by atoms with Crippen LogP contribution in [0.3, 0.4) is 0 Å². The van der Waals surface area contributed by atoms with Gasteiger partial charge >= 0.3 is 0 Å². The molecule has 0 unspecified atom stereocenters. The molecule has 0 bridgehead atoms. The molecule has 0 aliphatic heterocycles. The fourth-order valence-corrected chi connectivity index (χ4v) is 1.82. The third-order valence-electron chi connectivity index (χ3n) is 1.89. The van der Waals surface area contributed by atoms with E-state index in [2.05, 4.69) is 15.5 Å². The number of aromatic nitrogens is 4. The van der Waals surface area contributed by atoms with Gasteiger partial charge in [-0.25, -0.2) is 0 Å². The normalized spacial score (nSPS) is 10.4. The minimum atomic E-state index is -0.457. The van der Waals surface area contributed by atoms with Gasteiger partial charge in [0.2, 0.25) is 11.1 Å². The van der Waals surface area contributed by atoms with Crippen LogP contribution < -0.4 is 5.73 Å². The summed E-state index contributed by atoms with van der Waals surface area (Å²) >= 11 is 1.11. The maximum atomic E-state index is 10.7. The minimum absolute atomic E-state index is 0.0562. The number of rotatable bonds is 4. The summed E-state index contributed by atoms with van der Waals surface area (Å²) in [4.78, 5) is 10.7. The largest absolute Gasteiger partial charge is 0.506 e. The van der Waals surface area contributed by atoms with Crippen LogP contribution in [0.2, 0.25) is 0 Å². The van der Waals surface area contributed by atoms with Gasteiger partial charge in [-0.3, -0.25) is 4.79 Å². The molecule has 7 nitrogen and oxygen atoms in total. The molecule has 0 radical (unpaired) electrons. The van der Waals surface area contributed by atoms with Crippen LogP contribution in [0, 0.1) is 0 Å². The lowest BCUT2D eigenvalue weighted by Crippen LogP contribution is -2.13. The van der Waals surface area contributed by atoms with Crippen molar-refractivity contribution in [3.8, 4) is 11.4 Å². The Bertz CT molecular complexity index is 542. The first-order valence-electron chi connectivity index (χ1n) is 4.66. The topological polar surface area (TPSA) is 107 Å². The molecule has 2 aromatic rings. The van der Waals surface area contributed by atoms with Crippen LogP contribution in [0.5, 0.6) is 5.75 Å². The van der Waals surface area contributed by atoms with Crippen LogP contribution in [0.15, 0.2) is 29.4 Å². The van der Waals surface area contributed by atoms with E-state index >= 15 is 0 Å². The number of primary amides is 1. The van der Waals surface area contributed by atoms with Crippen molar-refractivity contribution in [3.63, 3.8) is 0 Å². The Labute approximate surface area is 101 Å². The number of nitrogens with zero attached hydrogens (tertiary/aromatic N) is 4. The molecule has 0 aliphatic rings. The van der Waals surface area contributed by atoms with Gasteiger partial charge in [0.05, 0.1) is 5.75 Å². The van der Waals surface area contributed by atoms with Crippen molar-refractivity contribution in [1.29, 1.82) is 0 Å². The Morgan fingerprint density at radius 3 is 2.94 bits per heavy atom. The summed E-state index contributed by atoms with van der Waals surface area (Å²) in [5, 5.41) is 21.1. The molecule has 0 saturated heterocycles. The zero-order valence-corrected chi connectivity index (χ0v) is 9.46. The summed E-state index contributed by atoms with van der Waals surface area (Å²) in [6.07, 6.45) is 0. The lowest BCUT2D eigenvalue weighted by atomic mass is 10.3. The number of nitrogens with two attached hydrogens (primary N) is 1. The highest BCUT2D eigenvalue weighted by molar-refractivity contribution is 7.99. The molecule has 0 saturated carbocycles. The number of tetrazole rings is 1. The first-order chi connectivity index (χ1) is 8.18. The van der Waals surface area contributed by atoms with Gasteiger partial charge in [0.25, 0.3) is 0 Å². The molecule has 2 rings (SSSR count). The number of aromatic hydroxyl groups is 1. The first kappa shape index (κ1) is 11.4. The predicted octanol–water partition coefficient (Wildman–Crippen LogP) is -0.0547. The highest BCUT2D eigenvalue weighted by Crippen LogP contribution is 2.24. The van der Waals surface area contributed by atoms with E-state index < -0.39 is 5.91 Å². The number of phenols is 1. The van der Waals surface area contributed by atoms with E-state index in [0.717, 1.165) is 11.8 Å². The molecule has 0 aliphatic carbocycles. The average molecular weight is 251 g/mol. The minimum Gasteiger partial charge on any atom is -0.506 e. The first-order valence-corrected chi connectivity index (χ1v) is 5.65. The monoisotopic (exact) mass is 251 g/mol. The fraction of sp³-hybridized carbons (Fsp3) is 0.111. The predicted molar refractivity (Wildman–Crippen MR) is 60.7 cm³/mol. The molecule has 17 heavy (non-hydrogen) atoms. The van der Waals surface area contributed by atoms with Crippen molar-refractivity contribution in [2.75, 3.05) is 5.75 Å². The highest BCUT2D eigenvalue weighted by atomic mass is 32.2. The number of carbonyl (C=O) groups excluding carboxylic acids is 1. The van der Waals surface area contributed by atoms with Gasteiger partial charge in [-0.2, -0.15) is 4.68 Å². The Kier molecular flexibility index (Phi) is 3.24. The van der Waals surface area contributed by atoms with Gasteiger partial charge in [-0.15, -0.1) is 5.10 Å². The number of amides is 1. The van der Waals surface area contributed by atoms with Crippen molar-refractivity contribution in [2.24, 2.45) is 5.73 Å². The Hall–Kier alpha value is -2.09. The average Bonchev–Trinajstić information content (AvgIpc) is 2.75. The van der Waals surface area contributed by atoms with Crippen molar-refractivity contribution >= 4 is 17.7 Å². The van der Waals surface area contributed by atoms with E-state index in [1.165, 1.54) is 10.7 Å².